The van der Waals surface area contributed by atoms with Crippen LogP contribution >= 0.6 is 0 Å². The summed E-state index contributed by atoms with van der Waals surface area (Å²) in [6, 6.07) is 7.65. The molecule has 0 bridgehead atoms. The van der Waals surface area contributed by atoms with Gasteiger partial charge in [0.25, 0.3) is 0 Å². The van der Waals surface area contributed by atoms with Crippen molar-refractivity contribution < 1.29 is 14.3 Å². The van der Waals surface area contributed by atoms with Gasteiger partial charge < -0.3 is 15.4 Å². The van der Waals surface area contributed by atoms with E-state index < -0.39 is 0 Å². The Hall–Kier alpha value is -2.04. The Balaban J connectivity index is 1.63. The van der Waals surface area contributed by atoms with Crippen LogP contribution in [0.15, 0.2) is 24.3 Å². The summed E-state index contributed by atoms with van der Waals surface area (Å²) in [7, 11) is 0. The molecule has 5 heteroatoms. The highest BCUT2D eigenvalue weighted by Gasteiger charge is 2.29. The average Bonchev–Trinajstić information content (AvgIpc) is 3.29. The van der Waals surface area contributed by atoms with Gasteiger partial charge in [0, 0.05) is 5.92 Å². The second-order valence-electron chi connectivity index (χ2n) is 5.58. The number of amides is 2. The molecule has 1 fully saturated rings. The third-order valence-corrected chi connectivity index (χ3v) is 3.30. The third kappa shape index (κ3) is 5.45. The van der Waals surface area contributed by atoms with Gasteiger partial charge in [-0.2, -0.15) is 0 Å². The first-order valence-electron chi connectivity index (χ1n) is 7.31. The summed E-state index contributed by atoms with van der Waals surface area (Å²) in [4.78, 5) is 23.1. The van der Waals surface area contributed by atoms with Crippen LogP contribution in [0.4, 0.5) is 0 Å². The molecular weight excluding hydrogens is 268 g/mol. The van der Waals surface area contributed by atoms with E-state index >= 15 is 0 Å². The first-order valence-corrected chi connectivity index (χ1v) is 7.31. The molecule has 0 radical (unpaired) electrons. The maximum absolute atomic E-state index is 11.7. The first kappa shape index (κ1) is 15.4. The molecule has 0 spiro atoms. The molecule has 2 N–H and O–H groups in total. The van der Waals surface area contributed by atoms with Gasteiger partial charge in [-0.3, -0.25) is 9.59 Å². The van der Waals surface area contributed by atoms with Gasteiger partial charge in [0.15, 0.2) is 0 Å². The quantitative estimate of drug-likeness (QED) is 0.798. The smallest absolute Gasteiger partial charge is 0.239 e. The Bertz CT molecular complexity index is 495. The monoisotopic (exact) mass is 290 g/mol. The highest BCUT2D eigenvalue weighted by Crippen LogP contribution is 2.28. The lowest BCUT2D eigenvalue weighted by molar-refractivity contribution is -0.127. The second kappa shape index (κ2) is 7.11. The van der Waals surface area contributed by atoms with Crippen LogP contribution in [0.5, 0.6) is 5.75 Å². The predicted molar refractivity (Wildman–Crippen MR) is 80.0 cm³/mol. The van der Waals surface area contributed by atoms with Crippen LogP contribution in [0.25, 0.3) is 0 Å². The molecular formula is C16H22N2O3. The van der Waals surface area contributed by atoms with Gasteiger partial charge in [-0.15, -0.1) is 0 Å². The summed E-state index contributed by atoms with van der Waals surface area (Å²) in [6.07, 6.45) is 1.88. The van der Waals surface area contributed by atoms with Crippen molar-refractivity contribution in [2.75, 3.05) is 13.2 Å². The highest BCUT2D eigenvalue weighted by molar-refractivity contribution is 5.86. The third-order valence-electron chi connectivity index (χ3n) is 3.30. The van der Waals surface area contributed by atoms with E-state index in [-0.39, 0.29) is 30.3 Å². The topological polar surface area (TPSA) is 67.4 Å². The van der Waals surface area contributed by atoms with Crippen molar-refractivity contribution in [2.24, 2.45) is 5.92 Å². The van der Waals surface area contributed by atoms with Gasteiger partial charge in [-0.05, 0) is 38.8 Å². The maximum Gasteiger partial charge on any atom is 0.239 e. The van der Waals surface area contributed by atoms with E-state index in [2.05, 4.69) is 10.6 Å². The fourth-order valence-electron chi connectivity index (χ4n) is 1.88. The van der Waals surface area contributed by atoms with Gasteiger partial charge in [0.1, 0.15) is 12.4 Å². The molecule has 1 unspecified atom stereocenters. The SMILES string of the molecule is Cc1ccc(OCC(C)NC(=O)CNC(=O)C2CC2)cc1. The maximum atomic E-state index is 11.7. The van der Waals surface area contributed by atoms with Gasteiger partial charge in [-0.25, -0.2) is 0 Å². The molecule has 2 rings (SSSR count). The lowest BCUT2D eigenvalue weighted by Crippen LogP contribution is -2.43. The summed E-state index contributed by atoms with van der Waals surface area (Å²) >= 11 is 0. The van der Waals surface area contributed by atoms with E-state index in [4.69, 9.17) is 4.74 Å². The van der Waals surface area contributed by atoms with Crippen molar-refractivity contribution in [2.45, 2.75) is 32.7 Å². The molecule has 0 aromatic heterocycles. The molecule has 0 heterocycles. The highest BCUT2D eigenvalue weighted by atomic mass is 16.5. The molecule has 5 nitrogen and oxygen atoms in total. The van der Waals surface area contributed by atoms with Gasteiger partial charge in [-0.1, -0.05) is 17.7 Å². The zero-order valence-electron chi connectivity index (χ0n) is 12.5. The van der Waals surface area contributed by atoms with Gasteiger partial charge in [0.05, 0.1) is 12.6 Å². The molecule has 1 aliphatic rings. The number of rotatable bonds is 7. The van der Waals surface area contributed by atoms with Crippen LogP contribution in [0.3, 0.4) is 0 Å². The number of benzene rings is 1. The number of hydrogen-bond donors (Lipinski definition) is 2. The minimum Gasteiger partial charge on any atom is -0.491 e. The van der Waals surface area contributed by atoms with Crippen molar-refractivity contribution >= 4 is 11.8 Å². The molecule has 1 saturated carbocycles. The van der Waals surface area contributed by atoms with E-state index in [0.717, 1.165) is 18.6 Å². The Labute approximate surface area is 125 Å². The minimum absolute atomic E-state index is 0.0197. The number of aryl methyl sites for hydroxylation is 1. The Kier molecular flexibility index (Phi) is 5.20. The van der Waals surface area contributed by atoms with Crippen molar-refractivity contribution in [1.29, 1.82) is 0 Å². The van der Waals surface area contributed by atoms with Crippen LogP contribution in [-0.2, 0) is 9.59 Å². The second-order valence-corrected chi connectivity index (χ2v) is 5.58. The summed E-state index contributed by atoms with van der Waals surface area (Å²) in [5, 5.41) is 5.44. The summed E-state index contributed by atoms with van der Waals surface area (Å²) < 4.78 is 5.60. The molecule has 114 valence electrons. The van der Waals surface area contributed by atoms with E-state index in [1.807, 2.05) is 38.1 Å². The molecule has 1 aromatic carbocycles. The van der Waals surface area contributed by atoms with Crippen LogP contribution in [0, 0.1) is 12.8 Å². The van der Waals surface area contributed by atoms with Crippen molar-refractivity contribution in [3.63, 3.8) is 0 Å². The van der Waals surface area contributed by atoms with E-state index in [9.17, 15) is 9.59 Å². The summed E-state index contributed by atoms with van der Waals surface area (Å²) in [5.74, 6) is 0.696. The van der Waals surface area contributed by atoms with Crippen LogP contribution < -0.4 is 15.4 Å². The molecule has 1 atom stereocenters. The molecule has 1 aromatic rings. The van der Waals surface area contributed by atoms with E-state index in [1.165, 1.54) is 5.56 Å². The summed E-state index contributed by atoms with van der Waals surface area (Å²) in [5.41, 5.74) is 1.18. The molecule has 0 aliphatic heterocycles. The van der Waals surface area contributed by atoms with Crippen LogP contribution in [0.2, 0.25) is 0 Å². The molecule has 1 aliphatic carbocycles. The van der Waals surface area contributed by atoms with E-state index in [1.54, 1.807) is 0 Å². The number of nitrogens with one attached hydrogen (secondary N) is 2. The van der Waals surface area contributed by atoms with Crippen molar-refractivity contribution in [3.8, 4) is 5.75 Å². The number of hydrogen-bond acceptors (Lipinski definition) is 3. The van der Waals surface area contributed by atoms with E-state index in [0.29, 0.717) is 6.61 Å². The van der Waals surface area contributed by atoms with Gasteiger partial charge in [0.2, 0.25) is 11.8 Å². The largest absolute Gasteiger partial charge is 0.491 e. The number of ether oxygens (including phenoxy) is 1. The fourth-order valence-corrected chi connectivity index (χ4v) is 1.88. The minimum atomic E-state index is -0.191. The predicted octanol–water partition coefficient (Wildman–Crippen LogP) is 1.40. The first-order chi connectivity index (χ1) is 10.0. The lowest BCUT2D eigenvalue weighted by atomic mass is 10.2. The average molecular weight is 290 g/mol. The Morgan fingerprint density at radius 1 is 1.29 bits per heavy atom. The van der Waals surface area contributed by atoms with Crippen molar-refractivity contribution in [1.82, 2.24) is 10.6 Å². The Morgan fingerprint density at radius 3 is 2.57 bits per heavy atom. The van der Waals surface area contributed by atoms with Crippen LogP contribution in [0.1, 0.15) is 25.3 Å². The molecule has 0 saturated heterocycles. The number of carbonyl (C=O) groups is 2. The van der Waals surface area contributed by atoms with Crippen molar-refractivity contribution in [3.05, 3.63) is 29.8 Å². The lowest BCUT2D eigenvalue weighted by Gasteiger charge is -2.15. The zero-order valence-corrected chi connectivity index (χ0v) is 12.5. The normalized spacial score (nSPS) is 15.1. The molecule has 21 heavy (non-hydrogen) atoms. The standard InChI is InChI=1S/C16H22N2O3/c1-11-3-7-14(8-4-11)21-10-12(2)18-15(19)9-17-16(20)13-5-6-13/h3-4,7-8,12-13H,5-6,9-10H2,1-2H3,(H,17,20)(H,18,19). The number of carbonyl (C=O) groups excluding carboxylic acids is 2. The zero-order chi connectivity index (χ0) is 15.2. The Morgan fingerprint density at radius 2 is 1.95 bits per heavy atom. The summed E-state index contributed by atoms with van der Waals surface area (Å²) in [6.45, 7) is 4.31. The van der Waals surface area contributed by atoms with Crippen LogP contribution in [-0.4, -0.2) is 31.0 Å². The van der Waals surface area contributed by atoms with Gasteiger partial charge >= 0.3 is 0 Å². The molecule has 2 amide bonds. The fraction of sp³-hybridized carbons (Fsp3) is 0.500.